The molecule has 1 fully saturated rings. The Balaban J connectivity index is 1.49. The van der Waals surface area contributed by atoms with Gasteiger partial charge in [-0.25, -0.2) is 9.97 Å². The van der Waals surface area contributed by atoms with Crippen molar-refractivity contribution in [2.75, 3.05) is 24.5 Å². The quantitative estimate of drug-likeness (QED) is 0.392. The van der Waals surface area contributed by atoms with Crippen LogP contribution in [0.5, 0.6) is 0 Å². The van der Waals surface area contributed by atoms with Gasteiger partial charge in [0.05, 0.1) is 27.7 Å². The number of anilines is 1. The van der Waals surface area contributed by atoms with Crippen LogP contribution in [0.25, 0.3) is 11.4 Å². The zero-order valence-corrected chi connectivity index (χ0v) is 19.4. The van der Waals surface area contributed by atoms with Gasteiger partial charge in [0.15, 0.2) is 5.82 Å². The van der Waals surface area contributed by atoms with Crippen molar-refractivity contribution in [1.82, 2.24) is 14.9 Å². The van der Waals surface area contributed by atoms with Crippen LogP contribution in [0, 0.1) is 10.1 Å². The number of halogens is 1. The predicted molar refractivity (Wildman–Crippen MR) is 130 cm³/mol. The van der Waals surface area contributed by atoms with E-state index in [2.05, 4.69) is 4.90 Å². The fourth-order valence-corrected chi connectivity index (χ4v) is 4.87. The normalized spacial score (nSPS) is 15.7. The molecule has 174 valence electrons. The van der Waals surface area contributed by atoms with Gasteiger partial charge in [-0.1, -0.05) is 41.9 Å². The number of nitrogens with zero attached hydrogens (tertiary/aromatic N) is 5. The van der Waals surface area contributed by atoms with Crippen LogP contribution in [0.3, 0.4) is 0 Å². The van der Waals surface area contributed by atoms with E-state index < -0.39 is 4.92 Å². The Labute approximate surface area is 202 Å². The molecule has 0 N–H and O–H groups in total. The summed E-state index contributed by atoms with van der Waals surface area (Å²) in [6.07, 6.45) is 4.04. The van der Waals surface area contributed by atoms with Gasteiger partial charge < -0.3 is 9.80 Å². The van der Waals surface area contributed by atoms with E-state index in [1.165, 1.54) is 24.6 Å². The molecular formula is C25H24ClN5O3. The average molecular weight is 478 g/mol. The Morgan fingerprint density at radius 2 is 1.76 bits per heavy atom. The number of hydrogen-bond donors (Lipinski definition) is 0. The molecule has 1 amide bonds. The molecule has 0 radical (unpaired) electrons. The number of fused-ring (bicyclic) bond motifs is 1. The van der Waals surface area contributed by atoms with Crippen LogP contribution in [-0.2, 0) is 13.0 Å². The zero-order chi connectivity index (χ0) is 23.7. The molecule has 2 aliphatic rings. The number of carbonyl (C=O) groups excluding carboxylic acids is 1. The molecule has 0 bridgehead atoms. The highest BCUT2D eigenvalue weighted by atomic mass is 35.5. The second kappa shape index (κ2) is 9.38. The van der Waals surface area contributed by atoms with Crippen LogP contribution in [0.15, 0.2) is 48.5 Å². The monoisotopic (exact) mass is 477 g/mol. The van der Waals surface area contributed by atoms with E-state index in [4.69, 9.17) is 21.6 Å². The first-order chi connectivity index (χ1) is 16.5. The second-order valence-corrected chi connectivity index (χ2v) is 9.01. The molecule has 0 aliphatic carbocycles. The Morgan fingerprint density at radius 3 is 2.47 bits per heavy atom. The smallest absolute Gasteiger partial charge is 0.270 e. The fourth-order valence-electron chi connectivity index (χ4n) is 4.62. The number of nitro groups is 1. The predicted octanol–water partition coefficient (Wildman–Crippen LogP) is 4.89. The minimum absolute atomic E-state index is 0.0805. The van der Waals surface area contributed by atoms with Crippen molar-refractivity contribution in [3.63, 3.8) is 0 Å². The number of benzene rings is 2. The van der Waals surface area contributed by atoms with Crippen molar-refractivity contribution < 1.29 is 9.72 Å². The number of carbonyl (C=O) groups is 1. The Morgan fingerprint density at radius 1 is 1.00 bits per heavy atom. The van der Waals surface area contributed by atoms with Gasteiger partial charge in [-0.15, -0.1) is 0 Å². The number of hydrogen-bond acceptors (Lipinski definition) is 6. The number of piperidine rings is 1. The summed E-state index contributed by atoms with van der Waals surface area (Å²) < 4.78 is 0. The van der Waals surface area contributed by atoms with Gasteiger partial charge in [0.25, 0.3) is 11.6 Å². The van der Waals surface area contributed by atoms with Crippen LogP contribution < -0.4 is 4.90 Å². The van der Waals surface area contributed by atoms with Crippen LogP contribution >= 0.6 is 11.6 Å². The summed E-state index contributed by atoms with van der Waals surface area (Å²) in [5, 5.41) is 11.1. The van der Waals surface area contributed by atoms with Gasteiger partial charge in [0.2, 0.25) is 0 Å². The molecule has 3 aromatic rings. The minimum Gasteiger partial charge on any atom is -0.356 e. The van der Waals surface area contributed by atoms with Gasteiger partial charge in [-0.2, -0.15) is 0 Å². The number of non-ortho nitro benzene ring substituents is 1. The molecule has 0 saturated carbocycles. The second-order valence-electron chi connectivity index (χ2n) is 8.61. The van der Waals surface area contributed by atoms with E-state index in [0.29, 0.717) is 25.3 Å². The van der Waals surface area contributed by atoms with Gasteiger partial charge in [0.1, 0.15) is 5.82 Å². The summed E-state index contributed by atoms with van der Waals surface area (Å²) in [5.74, 6) is 1.36. The summed E-state index contributed by atoms with van der Waals surface area (Å²) >= 11 is 6.24. The zero-order valence-electron chi connectivity index (χ0n) is 18.6. The number of nitro benzene ring substituents is 1. The third kappa shape index (κ3) is 4.33. The van der Waals surface area contributed by atoms with Crippen molar-refractivity contribution in [2.45, 2.75) is 32.2 Å². The molecule has 2 aliphatic heterocycles. The van der Waals surface area contributed by atoms with Gasteiger partial charge >= 0.3 is 0 Å². The lowest BCUT2D eigenvalue weighted by molar-refractivity contribution is -0.384. The Hall–Kier alpha value is -3.52. The van der Waals surface area contributed by atoms with Crippen molar-refractivity contribution in [2.24, 2.45) is 0 Å². The summed E-state index contributed by atoms with van der Waals surface area (Å²) in [6, 6.07) is 13.9. The first-order valence-electron chi connectivity index (χ1n) is 11.4. The molecule has 3 heterocycles. The van der Waals surface area contributed by atoms with Crippen LogP contribution in [0.1, 0.15) is 40.9 Å². The van der Waals surface area contributed by atoms with E-state index in [-0.39, 0.29) is 22.2 Å². The molecule has 1 saturated heterocycles. The fraction of sp³-hybridized carbons (Fsp3) is 0.320. The molecule has 2 aromatic carbocycles. The molecule has 0 unspecified atom stereocenters. The van der Waals surface area contributed by atoms with Crippen molar-refractivity contribution in [3.05, 3.63) is 80.5 Å². The minimum atomic E-state index is -0.524. The third-order valence-corrected chi connectivity index (χ3v) is 6.72. The topological polar surface area (TPSA) is 92.5 Å². The maximum absolute atomic E-state index is 13.3. The van der Waals surface area contributed by atoms with Crippen LogP contribution in [0.2, 0.25) is 5.02 Å². The van der Waals surface area contributed by atoms with Gasteiger partial charge in [0, 0.05) is 49.3 Å². The van der Waals surface area contributed by atoms with Crippen molar-refractivity contribution in [1.29, 1.82) is 0 Å². The summed E-state index contributed by atoms with van der Waals surface area (Å²) in [5.41, 5.74) is 3.03. The van der Waals surface area contributed by atoms with Crippen molar-refractivity contribution in [3.8, 4) is 11.4 Å². The lowest BCUT2D eigenvalue weighted by Gasteiger charge is -2.34. The lowest BCUT2D eigenvalue weighted by atomic mass is 10.0. The van der Waals surface area contributed by atoms with E-state index in [0.717, 1.165) is 48.6 Å². The van der Waals surface area contributed by atoms with E-state index in [9.17, 15) is 14.9 Å². The Kier molecular flexibility index (Phi) is 6.15. The first-order valence-corrected chi connectivity index (χ1v) is 11.8. The van der Waals surface area contributed by atoms with Gasteiger partial charge in [-0.3, -0.25) is 14.9 Å². The van der Waals surface area contributed by atoms with E-state index in [1.54, 1.807) is 4.90 Å². The standard InChI is InChI=1S/C25H24ClN5O3/c26-21-15-18(31(33)34)9-10-19(21)25(32)30-14-11-22-20(16-30)24(29-12-5-2-6-13-29)28-23(27-22)17-7-3-1-4-8-17/h1,3-4,7-10,15H,2,5-6,11-14,16H2. The first kappa shape index (κ1) is 22.3. The maximum atomic E-state index is 13.3. The number of rotatable bonds is 4. The van der Waals surface area contributed by atoms with Crippen LogP contribution in [-0.4, -0.2) is 45.3 Å². The molecule has 0 atom stereocenters. The number of aromatic nitrogens is 2. The van der Waals surface area contributed by atoms with E-state index in [1.807, 2.05) is 30.3 Å². The largest absolute Gasteiger partial charge is 0.356 e. The average Bonchev–Trinajstić information content (AvgIpc) is 2.88. The molecule has 0 spiro atoms. The molecule has 8 nitrogen and oxygen atoms in total. The van der Waals surface area contributed by atoms with Crippen molar-refractivity contribution >= 4 is 29.0 Å². The third-order valence-electron chi connectivity index (χ3n) is 6.41. The molecule has 34 heavy (non-hydrogen) atoms. The van der Waals surface area contributed by atoms with Crippen LogP contribution in [0.4, 0.5) is 11.5 Å². The highest BCUT2D eigenvalue weighted by Crippen LogP contribution is 2.32. The molecule has 1 aromatic heterocycles. The molecule has 5 rings (SSSR count). The van der Waals surface area contributed by atoms with E-state index >= 15 is 0 Å². The highest BCUT2D eigenvalue weighted by molar-refractivity contribution is 6.34. The summed E-state index contributed by atoms with van der Waals surface area (Å²) in [7, 11) is 0. The maximum Gasteiger partial charge on any atom is 0.270 e. The highest BCUT2D eigenvalue weighted by Gasteiger charge is 2.30. The number of amides is 1. The molecular weight excluding hydrogens is 454 g/mol. The molecule has 9 heteroatoms. The SMILES string of the molecule is O=C(c1ccc([N+](=O)[O-])cc1Cl)N1CCc2nc(-c3ccccc3)nc(N3CCCCC3)c2C1. The van der Waals surface area contributed by atoms with Gasteiger partial charge in [-0.05, 0) is 25.3 Å². The Bertz CT molecular complexity index is 1240. The summed E-state index contributed by atoms with van der Waals surface area (Å²) in [6.45, 7) is 2.73. The summed E-state index contributed by atoms with van der Waals surface area (Å²) in [4.78, 5) is 37.7. The lowest BCUT2D eigenvalue weighted by Crippen LogP contribution is -2.39.